The Hall–Kier alpha value is -1.73. The minimum Gasteiger partial charge on any atom is -0.266 e. The van der Waals surface area contributed by atoms with E-state index in [1.165, 1.54) is 5.01 Å². The maximum Gasteiger partial charge on any atom is 0.289 e. The summed E-state index contributed by atoms with van der Waals surface area (Å²) in [5, 5.41) is 3.09. The lowest BCUT2D eigenvalue weighted by atomic mass is 10.2. The summed E-state index contributed by atoms with van der Waals surface area (Å²) in [5.41, 5.74) is 0.717. The number of hydrazine groups is 1. The molecule has 7 heteroatoms. The Bertz CT molecular complexity index is 625. The van der Waals surface area contributed by atoms with Crippen LogP contribution in [-0.2, 0) is 14.8 Å². The topological polar surface area (TPSA) is 70.0 Å². The second-order valence-electron chi connectivity index (χ2n) is 4.41. The van der Waals surface area contributed by atoms with E-state index in [0.717, 1.165) is 6.26 Å². The van der Waals surface area contributed by atoms with Crippen molar-refractivity contribution in [2.75, 3.05) is 18.3 Å². The second-order valence-corrected chi connectivity index (χ2v) is 6.06. The zero-order valence-corrected chi connectivity index (χ0v) is 11.8. The molecule has 19 heavy (non-hydrogen) atoms. The van der Waals surface area contributed by atoms with Gasteiger partial charge < -0.3 is 0 Å². The Kier molecular flexibility index (Phi) is 3.42. The monoisotopic (exact) mass is 281 g/mol. The molecule has 0 aliphatic carbocycles. The molecule has 1 aromatic rings. The number of hydrogen-bond acceptors (Lipinski definition) is 4. The van der Waals surface area contributed by atoms with E-state index in [-0.39, 0.29) is 11.8 Å². The zero-order valence-electron chi connectivity index (χ0n) is 10.9. The first-order valence-corrected chi connectivity index (χ1v) is 7.58. The quantitative estimate of drug-likeness (QED) is 0.799. The molecule has 1 saturated heterocycles. The van der Waals surface area contributed by atoms with Crippen LogP contribution >= 0.6 is 0 Å². The van der Waals surface area contributed by atoms with E-state index in [1.54, 1.807) is 31.1 Å². The molecule has 1 amide bonds. The van der Waals surface area contributed by atoms with Crippen molar-refractivity contribution in [2.45, 2.75) is 13.0 Å². The Morgan fingerprint density at radius 3 is 2.32 bits per heavy atom. The van der Waals surface area contributed by atoms with E-state index in [2.05, 4.69) is 4.40 Å². The van der Waals surface area contributed by atoms with Crippen molar-refractivity contribution in [3.63, 3.8) is 0 Å². The molecule has 1 aliphatic rings. The summed E-state index contributed by atoms with van der Waals surface area (Å²) >= 11 is 0. The van der Waals surface area contributed by atoms with Crippen molar-refractivity contribution in [2.24, 2.45) is 4.40 Å². The van der Waals surface area contributed by atoms with Gasteiger partial charge in [-0.05, 0) is 19.1 Å². The highest BCUT2D eigenvalue weighted by atomic mass is 32.2. The van der Waals surface area contributed by atoms with Crippen LogP contribution in [0.1, 0.15) is 6.92 Å². The Morgan fingerprint density at radius 2 is 1.79 bits per heavy atom. The summed E-state index contributed by atoms with van der Waals surface area (Å²) in [5.74, 6) is -0.411. The van der Waals surface area contributed by atoms with Gasteiger partial charge in [-0.3, -0.25) is 4.79 Å². The number of sulfonamides is 1. The number of para-hydroxylation sites is 1. The van der Waals surface area contributed by atoms with E-state index in [0.29, 0.717) is 5.69 Å². The van der Waals surface area contributed by atoms with Crippen LogP contribution < -0.4 is 5.01 Å². The fraction of sp³-hybridized carbons (Fsp3) is 0.333. The number of benzene rings is 1. The molecule has 6 nitrogen and oxygen atoms in total. The fourth-order valence-electron chi connectivity index (χ4n) is 1.94. The van der Waals surface area contributed by atoms with Crippen molar-refractivity contribution in [3.8, 4) is 0 Å². The predicted molar refractivity (Wildman–Crippen MR) is 73.4 cm³/mol. The lowest BCUT2D eigenvalue weighted by molar-refractivity contribution is -0.113. The molecule has 1 heterocycles. The third-order valence-corrected chi connectivity index (χ3v) is 3.48. The maximum absolute atomic E-state index is 12.3. The minimum absolute atomic E-state index is 0.0360. The Morgan fingerprint density at radius 1 is 1.21 bits per heavy atom. The van der Waals surface area contributed by atoms with Gasteiger partial charge in [-0.1, -0.05) is 18.2 Å². The van der Waals surface area contributed by atoms with E-state index in [4.69, 9.17) is 0 Å². The van der Waals surface area contributed by atoms with Crippen LogP contribution in [0.25, 0.3) is 0 Å². The number of amides is 1. The predicted octanol–water partition coefficient (Wildman–Crippen LogP) is 0.669. The first kappa shape index (κ1) is 13.7. The first-order valence-electron chi connectivity index (χ1n) is 5.73. The molecule has 0 aromatic heterocycles. The molecule has 1 fully saturated rings. The minimum atomic E-state index is -3.59. The highest BCUT2D eigenvalue weighted by molar-refractivity contribution is 7.89. The SMILES string of the molecule is CC1C(=NS(C)(=O)=O)C(=O)N(c2ccccc2)N1C. The number of anilines is 1. The Balaban J connectivity index is 2.46. The molecule has 2 rings (SSSR count). The molecule has 0 saturated carbocycles. The van der Waals surface area contributed by atoms with Crippen LogP contribution in [0, 0.1) is 0 Å². The van der Waals surface area contributed by atoms with E-state index >= 15 is 0 Å². The summed E-state index contributed by atoms with van der Waals surface area (Å²) in [6.07, 6.45) is 0.977. The fourth-order valence-corrected chi connectivity index (χ4v) is 2.53. The second kappa shape index (κ2) is 4.75. The smallest absolute Gasteiger partial charge is 0.266 e. The lowest BCUT2D eigenvalue weighted by Gasteiger charge is -2.25. The summed E-state index contributed by atoms with van der Waals surface area (Å²) < 4.78 is 26.1. The van der Waals surface area contributed by atoms with Gasteiger partial charge >= 0.3 is 0 Å². The van der Waals surface area contributed by atoms with E-state index < -0.39 is 15.9 Å². The molecule has 0 radical (unpaired) electrons. The molecule has 0 bridgehead atoms. The molecule has 1 atom stereocenters. The molecular formula is C12H15N3O3S. The van der Waals surface area contributed by atoms with E-state index in [9.17, 15) is 13.2 Å². The van der Waals surface area contributed by atoms with Crippen LogP contribution in [0.2, 0.25) is 0 Å². The number of carbonyl (C=O) groups is 1. The number of hydrogen-bond donors (Lipinski definition) is 0. The maximum atomic E-state index is 12.3. The van der Waals surface area contributed by atoms with Gasteiger partial charge in [0.15, 0.2) is 0 Å². The third kappa shape index (κ3) is 2.66. The largest absolute Gasteiger partial charge is 0.289 e. The molecule has 1 aliphatic heterocycles. The molecule has 102 valence electrons. The summed E-state index contributed by atoms with van der Waals surface area (Å²) in [7, 11) is -1.87. The molecule has 0 spiro atoms. The van der Waals surface area contributed by atoms with Crippen molar-refractivity contribution < 1.29 is 13.2 Å². The molecule has 0 N–H and O–H groups in total. The average Bonchev–Trinajstić information content (AvgIpc) is 2.53. The van der Waals surface area contributed by atoms with Gasteiger partial charge in [0.1, 0.15) is 5.71 Å². The molecule has 1 aromatic carbocycles. The van der Waals surface area contributed by atoms with Crippen LogP contribution in [0.15, 0.2) is 34.7 Å². The first-order chi connectivity index (χ1) is 8.81. The summed E-state index contributed by atoms with van der Waals surface area (Å²) in [6.45, 7) is 1.74. The zero-order chi connectivity index (χ0) is 14.2. The number of rotatable bonds is 2. The normalized spacial score (nSPS) is 23.3. The van der Waals surface area contributed by atoms with Crippen LogP contribution in [0.3, 0.4) is 0 Å². The van der Waals surface area contributed by atoms with Gasteiger partial charge in [0, 0.05) is 7.05 Å². The van der Waals surface area contributed by atoms with Gasteiger partial charge in [0.05, 0.1) is 18.0 Å². The van der Waals surface area contributed by atoms with Crippen molar-refractivity contribution in [1.29, 1.82) is 0 Å². The van der Waals surface area contributed by atoms with Gasteiger partial charge in [-0.2, -0.15) is 4.40 Å². The number of nitrogens with zero attached hydrogens (tertiary/aromatic N) is 3. The van der Waals surface area contributed by atoms with Crippen LogP contribution in [0.4, 0.5) is 5.69 Å². The average molecular weight is 281 g/mol. The van der Waals surface area contributed by atoms with E-state index in [1.807, 2.05) is 18.2 Å². The number of carbonyl (C=O) groups excluding carboxylic acids is 1. The highest BCUT2D eigenvalue weighted by Crippen LogP contribution is 2.24. The van der Waals surface area contributed by atoms with Crippen LogP contribution in [0.5, 0.6) is 0 Å². The standard InChI is InChI=1S/C12H15N3O3S/c1-9-11(13-19(3,17)18)12(16)15(14(9)2)10-7-5-4-6-8-10/h4-9H,1-3H3. The van der Waals surface area contributed by atoms with Crippen molar-refractivity contribution in [3.05, 3.63) is 30.3 Å². The molecular weight excluding hydrogens is 266 g/mol. The van der Waals surface area contributed by atoms with Crippen molar-refractivity contribution in [1.82, 2.24) is 5.01 Å². The summed E-state index contributed by atoms with van der Waals surface area (Å²) in [6, 6.07) is 8.65. The van der Waals surface area contributed by atoms with Gasteiger partial charge in [0.25, 0.3) is 15.9 Å². The third-order valence-electron chi connectivity index (χ3n) is 2.95. The Labute approximate surface area is 112 Å². The van der Waals surface area contributed by atoms with Gasteiger partial charge in [-0.15, -0.1) is 0 Å². The lowest BCUT2D eigenvalue weighted by Crippen LogP contribution is -2.38. The molecule has 1 unspecified atom stereocenters. The van der Waals surface area contributed by atoms with Gasteiger partial charge in [0.2, 0.25) is 0 Å². The summed E-state index contributed by atoms with van der Waals surface area (Å²) in [4.78, 5) is 12.3. The van der Waals surface area contributed by atoms with Crippen molar-refractivity contribution >= 4 is 27.3 Å². The van der Waals surface area contributed by atoms with Crippen LogP contribution in [-0.4, -0.2) is 44.4 Å². The van der Waals surface area contributed by atoms with Gasteiger partial charge in [-0.25, -0.2) is 18.4 Å². The highest BCUT2D eigenvalue weighted by Gasteiger charge is 2.40.